The molecular weight excluding hydrogens is 214 g/mol. The van der Waals surface area contributed by atoms with Crippen LogP contribution in [0, 0.1) is 22.7 Å². The molecule has 0 aromatic rings. The van der Waals surface area contributed by atoms with Crippen molar-refractivity contribution in [2.24, 2.45) is 11.3 Å². The lowest BCUT2D eigenvalue weighted by molar-refractivity contribution is -0.136. The van der Waals surface area contributed by atoms with Gasteiger partial charge in [-0.3, -0.25) is 4.79 Å². The number of amides is 1. The first-order valence-electron chi connectivity index (χ1n) is 6.43. The van der Waals surface area contributed by atoms with Crippen LogP contribution in [0.3, 0.4) is 0 Å². The molecule has 0 aromatic carbocycles. The Morgan fingerprint density at radius 2 is 2.00 bits per heavy atom. The third-order valence-electron chi connectivity index (χ3n) is 3.90. The molecule has 1 aliphatic carbocycles. The molecule has 0 atom stereocenters. The molecule has 1 saturated heterocycles. The molecule has 1 heterocycles. The van der Waals surface area contributed by atoms with Crippen molar-refractivity contribution in [3.05, 3.63) is 0 Å². The number of likely N-dealkylation sites (tertiary alicyclic amines) is 1. The smallest absolute Gasteiger partial charge is 0.243 e. The second-order valence-corrected chi connectivity index (χ2v) is 5.69. The van der Waals surface area contributed by atoms with Gasteiger partial charge in [0.15, 0.2) is 0 Å². The zero-order valence-corrected chi connectivity index (χ0v) is 10.8. The molecule has 2 rings (SSSR count). The van der Waals surface area contributed by atoms with E-state index < -0.39 is 5.41 Å². The van der Waals surface area contributed by atoms with E-state index in [1.54, 1.807) is 0 Å². The third kappa shape index (κ3) is 2.61. The second kappa shape index (κ2) is 4.66. The fraction of sp³-hybridized carbons (Fsp3) is 0.846. The lowest BCUT2D eigenvalue weighted by atomic mass is 9.95. The Morgan fingerprint density at radius 3 is 2.41 bits per heavy atom. The minimum absolute atomic E-state index is 0.0864. The summed E-state index contributed by atoms with van der Waals surface area (Å²) < 4.78 is 0. The van der Waals surface area contributed by atoms with Crippen LogP contribution in [0.5, 0.6) is 0 Å². The minimum atomic E-state index is -0.631. The van der Waals surface area contributed by atoms with Gasteiger partial charge in [0.1, 0.15) is 5.41 Å². The molecule has 0 bridgehead atoms. The summed E-state index contributed by atoms with van der Waals surface area (Å²) in [5.41, 5.74) is -0.631. The van der Waals surface area contributed by atoms with Crippen LogP contribution in [0.4, 0.5) is 0 Å². The number of nitrogens with zero attached hydrogens (tertiary/aromatic N) is 3. The number of rotatable bonds is 3. The lowest BCUT2D eigenvalue weighted by Gasteiger charge is -2.34. The molecule has 0 spiro atoms. The SMILES string of the molecule is CN(C)CC1CCN(C(=O)C2(C#N)CC2)CC1. The molecule has 2 aliphatic rings. The van der Waals surface area contributed by atoms with E-state index in [0.717, 1.165) is 45.3 Å². The van der Waals surface area contributed by atoms with E-state index in [0.29, 0.717) is 5.92 Å². The fourth-order valence-electron chi connectivity index (χ4n) is 2.64. The standard InChI is InChI=1S/C13H21N3O/c1-15(2)9-11-3-7-16(8-4-11)12(17)13(10-14)5-6-13/h11H,3-9H2,1-2H3. The summed E-state index contributed by atoms with van der Waals surface area (Å²) in [6, 6.07) is 2.19. The fourth-order valence-corrected chi connectivity index (χ4v) is 2.64. The van der Waals surface area contributed by atoms with Gasteiger partial charge < -0.3 is 9.80 Å². The maximum Gasteiger partial charge on any atom is 0.243 e. The topological polar surface area (TPSA) is 47.3 Å². The molecule has 0 N–H and O–H groups in total. The first kappa shape index (κ1) is 12.4. The van der Waals surface area contributed by atoms with E-state index in [2.05, 4.69) is 25.1 Å². The monoisotopic (exact) mass is 235 g/mol. The van der Waals surface area contributed by atoms with Crippen LogP contribution in [-0.2, 0) is 4.79 Å². The molecule has 17 heavy (non-hydrogen) atoms. The van der Waals surface area contributed by atoms with Crippen LogP contribution in [-0.4, -0.2) is 49.4 Å². The van der Waals surface area contributed by atoms with Crippen molar-refractivity contribution >= 4 is 5.91 Å². The first-order valence-corrected chi connectivity index (χ1v) is 6.43. The zero-order chi connectivity index (χ0) is 12.5. The normalized spacial score (nSPS) is 23.5. The zero-order valence-electron chi connectivity index (χ0n) is 10.8. The van der Waals surface area contributed by atoms with Gasteiger partial charge in [0.05, 0.1) is 6.07 Å². The van der Waals surface area contributed by atoms with Crippen molar-refractivity contribution < 1.29 is 4.79 Å². The van der Waals surface area contributed by atoms with E-state index in [1.165, 1.54) is 0 Å². The molecule has 1 saturated carbocycles. The quantitative estimate of drug-likeness (QED) is 0.735. The molecule has 1 amide bonds. The summed E-state index contributed by atoms with van der Waals surface area (Å²) in [5.74, 6) is 0.787. The van der Waals surface area contributed by atoms with Gasteiger partial charge in [0.2, 0.25) is 5.91 Å². The van der Waals surface area contributed by atoms with E-state index in [4.69, 9.17) is 5.26 Å². The first-order chi connectivity index (χ1) is 8.07. The molecule has 0 radical (unpaired) electrons. The van der Waals surface area contributed by atoms with Gasteiger partial charge in [-0.2, -0.15) is 5.26 Å². The molecule has 1 aliphatic heterocycles. The van der Waals surface area contributed by atoms with Crippen molar-refractivity contribution in [3.63, 3.8) is 0 Å². The van der Waals surface area contributed by atoms with Crippen molar-refractivity contribution in [3.8, 4) is 6.07 Å². The summed E-state index contributed by atoms with van der Waals surface area (Å²) in [6.07, 6.45) is 3.68. The number of carbonyl (C=O) groups is 1. The molecule has 0 unspecified atom stereocenters. The summed E-state index contributed by atoms with van der Waals surface area (Å²) >= 11 is 0. The second-order valence-electron chi connectivity index (χ2n) is 5.69. The highest BCUT2D eigenvalue weighted by atomic mass is 16.2. The Balaban J connectivity index is 1.83. The van der Waals surface area contributed by atoms with Gasteiger partial charge in [-0.05, 0) is 45.7 Å². The van der Waals surface area contributed by atoms with Crippen molar-refractivity contribution in [2.75, 3.05) is 33.7 Å². The number of carbonyl (C=O) groups excluding carboxylic acids is 1. The van der Waals surface area contributed by atoms with Gasteiger partial charge >= 0.3 is 0 Å². The number of piperidine rings is 1. The van der Waals surface area contributed by atoms with E-state index >= 15 is 0 Å². The Morgan fingerprint density at radius 1 is 1.41 bits per heavy atom. The average Bonchev–Trinajstić information content (AvgIpc) is 3.09. The maximum absolute atomic E-state index is 12.1. The van der Waals surface area contributed by atoms with E-state index in [9.17, 15) is 4.79 Å². The Hall–Kier alpha value is -1.08. The predicted molar refractivity (Wildman–Crippen MR) is 65.1 cm³/mol. The highest BCUT2D eigenvalue weighted by Gasteiger charge is 2.52. The Kier molecular flexibility index (Phi) is 3.39. The van der Waals surface area contributed by atoms with Crippen molar-refractivity contribution in [1.29, 1.82) is 5.26 Å². The van der Waals surface area contributed by atoms with E-state index in [1.807, 2.05) is 4.90 Å². The van der Waals surface area contributed by atoms with Crippen LogP contribution in [0.15, 0.2) is 0 Å². The van der Waals surface area contributed by atoms with Gasteiger partial charge in [-0.25, -0.2) is 0 Å². The molecule has 94 valence electrons. The largest absolute Gasteiger partial charge is 0.341 e. The Labute approximate surface area is 103 Å². The van der Waals surface area contributed by atoms with Crippen LogP contribution in [0.1, 0.15) is 25.7 Å². The van der Waals surface area contributed by atoms with Crippen LogP contribution in [0.25, 0.3) is 0 Å². The predicted octanol–water partition coefficient (Wildman–Crippen LogP) is 1.09. The van der Waals surface area contributed by atoms with Gasteiger partial charge in [-0.1, -0.05) is 0 Å². The summed E-state index contributed by atoms with van der Waals surface area (Å²) in [6.45, 7) is 2.77. The summed E-state index contributed by atoms with van der Waals surface area (Å²) in [4.78, 5) is 16.2. The molecule has 0 aromatic heterocycles. The van der Waals surface area contributed by atoms with Gasteiger partial charge in [-0.15, -0.1) is 0 Å². The van der Waals surface area contributed by atoms with Gasteiger partial charge in [0.25, 0.3) is 0 Å². The molecule has 4 nitrogen and oxygen atoms in total. The molecule has 4 heteroatoms. The minimum Gasteiger partial charge on any atom is -0.341 e. The van der Waals surface area contributed by atoms with Gasteiger partial charge in [0, 0.05) is 19.6 Å². The number of nitriles is 1. The van der Waals surface area contributed by atoms with Crippen LogP contribution >= 0.6 is 0 Å². The lowest BCUT2D eigenvalue weighted by Crippen LogP contribution is -2.43. The van der Waals surface area contributed by atoms with Crippen LogP contribution < -0.4 is 0 Å². The highest BCUT2D eigenvalue weighted by Crippen LogP contribution is 2.46. The summed E-state index contributed by atoms with van der Waals surface area (Å²) in [5, 5.41) is 9.02. The van der Waals surface area contributed by atoms with Crippen molar-refractivity contribution in [1.82, 2.24) is 9.80 Å². The molecule has 2 fully saturated rings. The summed E-state index contributed by atoms with van der Waals surface area (Å²) in [7, 11) is 4.18. The van der Waals surface area contributed by atoms with Crippen molar-refractivity contribution in [2.45, 2.75) is 25.7 Å². The Bertz CT molecular complexity index is 333. The average molecular weight is 235 g/mol. The third-order valence-corrected chi connectivity index (χ3v) is 3.90. The van der Waals surface area contributed by atoms with E-state index in [-0.39, 0.29) is 5.91 Å². The maximum atomic E-state index is 12.1. The molecular formula is C13H21N3O. The number of hydrogen-bond donors (Lipinski definition) is 0. The van der Waals surface area contributed by atoms with Crippen LogP contribution in [0.2, 0.25) is 0 Å². The number of hydrogen-bond acceptors (Lipinski definition) is 3. The highest BCUT2D eigenvalue weighted by molar-refractivity contribution is 5.88.